The normalized spacial score (nSPS) is 15.5. The smallest absolute Gasteiger partial charge is 0.264 e. The van der Waals surface area contributed by atoms with Crippen LogP contribution in [0.2, 0.25) is 0 Å². The van der Waals surface area contributed by atoms with E-state index in [0.717, 1.165) is 11.3 Å². The quantitative estimate of drug-likeness (QED) is 0.902. The van der Waals surface area contributed by atoms with Crippen molar-refractivity contribution >= 4 is 17.5 Å². The minimum absolute atomic E-state index is 0.120. The van der Waals surface area contributed by atoms with Crippen molar-refractivity contribution < 1.29 is 19.1 Å². The van der Waals surface area contributed by atoms with Crippen molar-refractivity contribution in [1.82, 2.24) is 5.32 Å². The lowest BCUT2D eigenvalue weighted by atomic mass is 10.2. The SMILES string of the molecule is CC(=O)Nc1ccc(CNC(=O)[C@H]2COc3ccccc3O2)cc1. The lowest BCUT2D eigenvalue weighted by molar-refractivity contribution is -0.130. The molecule has 1 aliphatic rings. The number of benzene rings is 2. The maximum atomic E-state index is 12.2. The number of ether oxygens (including phenoxy) is 2. The van der Waals surface area contributed by atoms with Crippen molar-refractivity contribution in [2.45, 2.75) is 19.6 Å². The Morgan fingerprint density at radius 3 is 2.50 bits per heavy atom. The molecule has 2 N–H and O–H groups in total. The summed E-state index contributed by atoms with van der Waals surface area (Å²) in [6.07, 6.45) is -0.668. The van der Waals surface area contributed by atoms with E-state index in [-0.39, 0.29) is 18.4 Å². The molecule has 0 bridgehead atoms. The van der Waals surface area contributed by atoms with Crippen molar-refractivity contribution in [3.8, 4) is 11.5 Å². The first-order chi connectivity index (χ1) is 11.6. The van der Waals surface area contributed by atoms with E-state index in [9.17, 15) is 9.59 Å². The van der Waals surface area contributed by atoms with Crippen molar-refractivity contribution in [1.29, 1.82) is 0 Å². The highest BCUT2D eigenvalue weighted by Gasteiger charge is 2.26. The Morgan fingerprint density at radius 1 is 1.08 bits per heavy atom. The molecule has 6 heteroatoms. The molecule has 2 aromatic carbocycles. The van der Waals surface area contributed by atoms with Crippen molar-refractivity contribution in [2.75, 3.05) is 11.9 Å². The largest absolute Gasteiger partial charge is 0.485 e. The summed E-state index contributed by atoms with van der Waals surface area (Å²) in [5.74, 6) is 0.875. The number of carbonyl (C=O) groups excluding carboxylic acids is 2. The second kappa shape index (κ2) is 7.04. The van der Waals surface area contributed by atoms with Crippen molar-refractivity contribution in [3.63, 3.8) is 0 Å². The Labute approximate surface area is 139 Å². The van der Waals surface area contributed by atoms with Gasteiger partial charge in [0.2, 0.25) is 12.0 Å². The molecule has 0 spiro atoms. The van der Waals surface area contributed by atoms with Crippen LogP contribution in [0, 0.1) is 0 Å². The number of nitrogens with one attached hydrogen (secondary N) is 2. The predicted molar refractivity (Wildman–Crippen MR) is 88.9 cm³/mol. The second-order valence-electron chi connectivity index (χ2n) is 5.46. The molecule has 0 aromatic heterocycles. The molecule has 0 radical (unpaired) electrons. The number of para-hydroxylation sites is 2. The molecular weight excluding hydrogens is 308 g/mol. The maximum Gasteiger partial charge on any atom is 0.264 e. The highest BCUT2D eigenvalue weighted by Crippen LogP contribution is 2.30. The fourth-order valence-electron chi connectivity index (χ4n) is 2.36. The van der Waals surface area contributed by atoms with Crippen LogP contribution in [0.3, 0.4) is 0 Å². The van der Waals surface area contributed by atoms with Gasteiger partial charge in [0.05, 0.1) is 0 Å². The average molecular weight is 326 g/mol. The van der Waals surface area contributed by atoms with E-state index in [4.69, 9.17) is 9.47 Å². The Morgan fingerprint density at radius 2 is 1.79 bits per heavy atom. The molecule has 2 aromatic rings. The monoisotopic (exact) mass is 326 g/mol. The molecule has 0 saturated carbocycles. The van der Waals surface area contributed by atoms with Gasteiger partial charge < -0.3 is 20.1 Å². The van der Waals surface area contributed by atoms with Gasteiger partial charge >= 0.3 is 0 Å². The first kappa shape index (κ1) is 15.9. The van der Waals surface area contributed by atoms with Crippen LogP contribution in [-0.2, 0) is 16.1 Å². The van der Waals surface area contributed by atoms with Crippen LogP contribution in [0.1, 0.15) is 12.5 Å². The van der Waals surface area contributed by atoms with Crippen LogP contribution in [0.25, 0.3) is 0 Å². The van der Waals surface area contributed by atoms with E-state index >= 15 is 0 Å². The Bertz CT molecular complexity index is 743. The van der Waals surface area contributed by atoms with Gasteiger partial charge in [0.25, 0.3) is 5.91 Å². The first-order valence-corrected chi connectivity index (χ1v) is 7.64. The minimum atomic E-state index is -0.668. The zero-order valence-corrected chi connectivity index (χ0v) is 13.2. The van der Waals surface area contributed by atoms with E-state index in [1.165, 1.54) is 6.92 Å². The van der Waals surface area contributed by atoms with Gasteiger partial charge in [-0.25, -0.2) is 0 Å². The summed E-state index contributed by atoms with van der Waals surface area (Å²) in [7, 11) is 0. The van der Waals surface area contributed by atoms with Gasteiger partial charge in [0.15, 0.2) is 11.5 Å². The summed E-state index contributed by atoms with van der Waals surface area (Å²) in [6, 6.07) is 14.5. The molecule has 6 nitrogen and oxygen atoms in total. The van der Waals surface area contributed by atoms with Gasteiger partial charge in [0, 0.05) is 19.2 Å². The highest BCUT2D eigenvalue weighted by molar-refractivity contribution is 5.88. The molecule has 1 heterocycles. The van der Waals surface area contributed by atoms with Crippen LogP contribution in [0.4, 0.5) is 5.69 Å². The number of carbonyl (C=O) groups is 2. The van der Waals surface area contributed by atoms with Crippen molar-refractivity contribution in [3.05, 3.63) is 54.1 Å². The van der Waals surface area contributed by atoms with Crippen LogP contribution < -0.4 is 20.1 Å². The van der Waals surface area contributed by atoms with Gasteiger partial charge in [-0.1, -0.05) is 24.3 Å². The Balaban J connectivity index is 1.53. The van der Waals surface area contributed by atoms with Gasteiger partial charge in [-0.05, 0) is 29.8 Å². The molecule has 1 atom stereocenters. The van der Waals surface area contributed by atoms with E-state index in [1.54, 1.807) is 24.3 Å². The lowest BCUT2D eigenvalue weighted by Crippen LogP contribution is -2.43. The maximum absolute atomic E-state index is 12.2. The molecule has 0 saturated heterocycles. The van der Waals surface area contributed by atoms with E-state index in [0.29, 0.717) is 18.0 Å². The average Bonchev–Trinajstić information content (AvgIpc) is 2.60. The van der Waals surface area contributed by atoms with E-state index in [2.05, 4.69) is 10.6 Å². The molecule has 1 aliphatic heterocycles. The van der Waals surface area contributed by atoms with Crippen molar-refractivity contribution in [2.24, 2.45) is 0 Å². The molecular formula is C18H18N2O4. The molecule has 0 fully saturated rings. The summed E-state index contributed by atoms with van der Waals surface area (Å²) in [5.41, 5.74) is 1.65. The molecule has 124 valence electrons. The topological polar surface area (TPSA) is 76.7 Å². The van der Waals surface area contributed by atoms with E-state index < -0.39 is 6.10 Å². The summed E-state index contributed by atoms with van der Waals surface area (Å²) >= 11 is 0. The summed E-state index contributed by atoms with van der Waals surface area (Å²) in [5, 5.41) is 5.52. The fourth-order valence-corrected chi connectivity index (χ4v) is 2.36. The van der Waals surface area contributed by atoms with Crippen LogP contribution >= 0.6 is 0 Å². The Kier molecular flexibility index (Phi) is 4.65. The first-order valence-electron chi connectivity index (χ1n) is 7.64. The third kappa shape index (κ3) is 3.84. The molecule has 2 amide bonds. The Hall–Kier alpha value is -3.02. The standard InChI is InChI=1S/C18H18N2O4/c1-12(21)20-14-8-6-13(7-9-14)10-19-18(22)17-11-23-15-4-2-3-5-16(15)24-17/h2-9,17H,10-11H2,1H3,(H,19,22)(H,20,21)/t17-/m1/s1. The molecule has 0 aliphatic carbocycles. The van der Waals surface area contributed by atoms with Crippen LogP contribution in [0.5, 0.6) is 11.5 Å². The number of rotatable bonds is 4. The summed E-state index contributed by atoms with van der Waals surface area (Å²) in [6.45, 7) is 2.02. The van der Waals surface area contributed by atoms with Gasteiger partial charge in [-0.3, -0.25) is 9.59 Å². The third-order valence-electron chi connectivity index (χ3n) is 3.54. The third-order valence-corrected chi connectivity index (χ3v) is 3.54. The zero-order chi connectivity index (χ0) is 16.9. The van der Waals surface area contributed by atoms with Gasteiger partial charge in [-0.2, -0.15) is 0 Å². The van der Waals surface area contributed by atoms with Gasteiger partial charge in [0.1, 0.15) is 6.61 Å². The number of hydrogen-bond donors (Lipinski definition) is 2. The summed E-state index contributed by atoms with van der Waals surface area (Å²) in [4.78, 5) is 23.2. The number of amides is 2. The zero-order valence-electron chi connectivity index (χ0n) is 13.2. The number of hydrogen-bond acceptors (Lipinski definition) is 4. The van der Waals surface area contributed by atoms with Crippen LogP contribution in [0.15, 0.2) is 48.5 Å². The molecule has 24 heavy (non-hydrogen) atoms. The lowest BCUT2D eigenvalue weighted by Gasteiger charge is -2.25. The predicted octanol–water partition coefficient (Wildman–Crippen LogP) is 2.10. The minimum Gasteiger partial charge on any atom is -0.485 e. The molecule has 0 unspecified atom stereocenters. The van der Waals surface area contributed by atoms with E-state index in [1.807, 2.05) is 24.3 Å². The highest BCUT2D eigenvalue weighted by atomic mass is 16.6. The molecule has 3 rings (SSSR count). The fraction of sp³-hybridized carbons (Fsp3) is 0.222. The van der Waals surface area contributed by atoms with Gasteiger partial charge in [-0.15, -0.1) is 0 Å². The number of anilines is 1. The number of fused-ring (bicyclic) bond motifs is 1. The van der Waals surface area contributed by atoms with Crippen LogP contribution in [-0.4, -0.2) is 24.5 Å². The summed E-state index contributed by atoms with van der Waals surface area (Å²) < 4.78 is 11.2. The second-order valence-corrected chi connectivity index (χ2v) is 5.46.